The Hall–Kier alpha value is -2.26. The van der Waals surface area contributed by atoms with E-state index in [-0.39, 0.29) is 23.7 Å². The second-order valence-electron chi connectivity index (χ2n) is 8.37. The van der Waals surface area contributed by atoms with Crippen LogP contribution in [-0.4, -0.2) is 10.9 Å². The van der Waals surface area contributed by atoms with Crippen LogP contribution in [0.15, 0.2) is 34.8 Å². The van der Waals surface area contributed by atoms with Crippen molar-refractivity contribution in [3.05, 3.63) is 63.4 Å². The minimum atomic E-state index is -0.647. The molecule has 0 aliphatic heterocycles. The first-order valence-electron chi connectivity index (χ1n) is 10.1. The molecular formula is C24H25BrF2N2O. The lowest BCUT2D eigenvalue weighted by molar-refractivity contribution is -0.123. The average Bonchev–Trinajstić information content (AvgIpc) is 3.51. The van der Waals surface area contributed by atoms with Crippen molar-refractivity contribution >= 4 is 21.8 Å². The molecule has 1 aromatic carbocycles. The van der Waals surface area contributed by atoms with Crippen LogP contribution in [-0.2, 0) is 11.2 Å². The number of carbonyl (C=O) groups excluding carboxylic acids is 1. The molecule has 0 radical (unpaired) electrons. The van der Waals surface area contributed by atoms with Crippen LogP contribution < -0.4 is 5.32 Å². The van der Waals surface area contributed by atoms with Crippen molar-refractivity contribution in [3.8, 4) is 11.8 Å². The molecule has 3 rings (SSSR count). The molecule has 3 nitrogen and oxygen atoms in total. The van der Waals surface area contributed by atoms with Gasteiger partial charge < -0.3 is 5.32 Å². The number of halogens is 3. The first-order valence-corrected chi connectivity index (χ1v) is 10.9. The van der Waals surface area contributed by atoms with E-state index in [1.165, 1.54) is 12.1 Å². The third-order valence-electron chi connectivity index (χ3n) is 5.24. The number of hydrogen-bond donors (Lipinski definition) is 1. The van der Waals surface area contributed by atoms with Crippen LogP contribution in [0.4, 0.5) is 8.78 Å². The summed E-state index contributed by atoms with van der Waals surface area (Å²) in [5, 5.41) is 3.01. The lowest BCUT2D eigenvalue weighted by Crippen LogP contribution is -2.32. The molecule has 1 saturated carbocycles. The molecule has 0 saturated heterocycles. The predicted octanol–water partition coefficient (Wildman–Crippen LogP) is 5.72. The molecule has 0 spiro atoms. The van der Waals surface area contributed by atoms with Crippen LogP contribution in [0.1, 0.15) is 63.0 Å². The lowest BCUT2D eigenvalue weighted by atomic mass is 9.91. The van der Waals surface area contributed by atoms with Gasteiger partial charge in [0.05, 0.1) is 11.7 Å². The van der Waals surface area contributed by atoms with E-state index in [1.807, 2.05) is 12.1 Å². The van der Waals surface area contributed by atoms with Crippen LogP contribution in [0.2, 0.25) is 0 Å². The standard InChI is InChI=1S/C24H25BrF2N2O/c1-4-24(2,3)10-9-19-7-8-20(25)22(28-19)21(29-23(30)16-5-6-16)13-15-11-17(26)14-18(27)12-15/h7-8,11-12,14,16,21H,4-6,13H2,1-3H3,(H,29,30)/t21-/m0/s1. The Morgan fingerprint density at radius 3 is 2.53 bits per heavy atom. The van der Waals surface area contributed by atoms with Crippen LogP contribution >= 0.6 is 15.9 Å². The van der Waals surface area contributed by atoms with Gasteiger partial charge in [0.25, 0.3) is 0 Å². The maximum atomic E-state index is 13.7. The van der Waals surface area contributed by atoms with Crippen LogP contribution in [0, 0.1) is 34.8 Å². The fourth-order valence-electron chi connectivity index (χ4n) is 2.91. The summed E-state index contributed by atoms with van der Waals surface area (Å²) in [6, 6.07) is 6.51. The van der Waals surface area contributed by atoms with E-state index in [2.05, 4.69) is 58.8 Å². The van der Waals surface area contributed by atoms with E-state index in [0.717, 1.165) is 25.3 Å². The van der Waals surface area contributed by atoms with Gasteiger partial charge in [-0.1, -0.05) is 12.8 Å². The topological polar surface area (TPSA) is 42.0 Å². The summed E-state index contributed by atoms with van der Waals surface area (Å²) in [5.41, 5.74) is 1.50. The Kier molecular flexibility index (Phi) is 6.92. The Bertz CT molecular complexity index is 986. The molecule has 1 heterocycles. The van der Waals surface area contributed by atoms with Crippen LogP contribution in [0.3, 0.4) is 0 Å². The van der Waals surface area contributed by atoms with Crippen molar-refractivity contribution in [2.75, 3.05) is 0 Å². The third-order valence-corrected chi connectivity index (χ3v) is 5.91. The van der Waals surface area contributed by atoms with Gasteiger partial charge in [0.1, 0.15) is 17.3 Å². The molecule has 6 heteroatoms. The Morgan fingerprint density at radius 1 is 1.27 bits per heavy atom. The fraction of sp³-hybridized carbons (Fsp3) is 0.417. The monoisotopic (exact) mass is 474 g/mol. The minimum Gasteiger partial charge on any atom is -0.347 e. The zero-order chi connectivity index (χ0) is 21.9. The molecule has 1 fully saturated rings. The van der Waals surface area contributed by atoms with Gasteiger partial charge in [0.15, 0.2) is 0 Å². The second kappa shape index (κ2) is 9.26. The van der Waals surface area contributed by atoms with Gasteiger partial charge in [-0.25, -0.2) is 13.8 Å². The summed E-state index contributed by atoms with van der Waals surface area (Å²) < 4.78 is 28.1. The number of rotatable bonds is 6. The molecule has 0 bridgehead atoms. The number of hydrogen-bond acceptors (Lipinski definition) is 2. The number of nitrogens with one attached hydrogen (secondary N) is 1. The number of pyridine rings is 1. The number of amides is 1. The maximum absolute atomic E-state index is 13.7. The molecule has 1 aliphatic rings. The smallest absolute Gasteiger partial charge is 0.223 e. The summed E-state index contributed by atoms with van der Waals surface area (Å²) in [4.78, 5) is 17.1. The highest BCUT2D eigenvalue weighted by atomic mass is 79.9. The number of aromatic nitrogens is 1. The van der Waals surface area contributed by atoms with E-state index in [1.54, 1.807) is 0 Å². The van der Waals surface area contributed by atoms with Crippen molar-refractivity contribution in [1.29, 1.82) is 0 Å². The molecule has 158 valence electrons. The van der Waals surface area contributed by atoms with E-state index >= 15 is 0 Å². The molecule has 30 heavy (non-hydrogen) atoms. The van der Waals surface area contributed by atoms with Crippen molar-refractivity contribution in [1.82, 2.24) is 10.3 Å². The first kappa shape index (κ1) is 22.4. The summed E-state index contributed by atoms with van der Waals surface area (Å²) in [6.07, 6.45) is 2.85. The summed E-state index contributed by atoms with van der Waals surface area (Å²) in [6.45, 7) is 6.21. The average molecular weight is 475 g/mol. The largest absolute Gasteiger partial charge is 0.347 e. The normalized spacial score (nSPS) is 14.6. The minimum absolute atomic E-state index is 0.00356. The van der Waals surface area contributed by atoms with Gasteiger partial charge in [-0.15, -0.1) is 0 Å². The van der Waals surface area contributed by atoms with Gasteiger partial charge in [0.2, 0.25) is 5.91 Å². The molecule has 2 aromatic rings. The van der Waals surface area contributed by atoms with Gasteiger partial charge in [-0.05, 0) is 91.2 Å². The highest BCUT2D eigenvalue weighted by Gasteiger charge is 2.32. The van der Waals surface area contributed by atoms with Gasteiger partial charge >= 0.3 is 0 Å². The van der Waals surface area contributed by atoms with E-state index in [0.29, 0.717) is 21.4 Å². The molecule has 1 amide bonds. The zero-order valence-electron chi connectivity index (χ0n) is 17.4. The summed E-state index contributed by atoms with van der Waals surface area (Å²) >= 11 is 3.51. The van der Waals surface area contributed by atoms with E-state index in [9.17, 15) is 13.6 Å². The fourth-order valence-corrected chi connectivity index (χ4v) is 3.41. The highest BCUT2D eigenvalue weighted by Crippen LogP contribution is 2.32. The zero-order valence-corrected chi connectivity index (χ0v) is 18.9. The number of benzene rings is 1. The molecule has 1 aromatic heterocycles. The van der Waals surface area contributed by atoms with E-state index in [4.69, 9.17) is 0 Å². The molecular weight excluding hydrogens is 450 g/mol. The Labute approximate surface area is 184 Å². The Balaban J connectivity index is 1.95. The molecule has 1 aliphatic carbocycles. The van der Waals surface area contributed by atoms with Crippen LogP contribution in [0.5, 0.6) is 0 Å². The number of nitrogens with zero attached hydrogens (tertiary/aromatic N) is 1. The highest BCUT2D eigenvalue weighted by molar-refractivity contribution is 9.10. The summed E-state index contributed by atoms with van der Waals surface area (Å²) in [5.74, 6) is 4.99. The van der Waals surface area contributed by atoms with Crippen molar-refractivity contribution in [2.24, 2.45) is 11.3 Å². The van der Waals surface area contributed by atoms with Gasteiger partial charge in [-0.3, -0.25) is 4.79 Å². The van der Waals surface area contributed by atoms with Crippen molar-refractivity contribution in [3.63, 3.8) is 0 Å². The Morgan fingerprint density at radius 2 is 1.93 bits per heavy atom. The van der Waals surface area contributed by atoms with Gasteiger partial charge in [0, 0.05) is 21.9 Å². The van der Waals surface area contributed by atoms with Crippen LogP contribution in [0.25, 0.3) is 0 Å². The van der Waals surface area contributed by atoms with Crippen molar-refractivity contribution in [2.45, 2.75) is 52.5 Å². The SMILES string of the molecule is CCC(C)(C)C#Cc1ccc(Br)c([C@H](Cc2cc(F)cc(F)c2)NC(=O)C2CC2)n1. The third kappa shape index (κ3) is 6.12. The predicted molar refractivity (Wildman–Crippen MR) is 117 cm³/mol. The summed E-state index contributed by atoms with van der Waals surface area (Å²) in [7, 11) is 0. The van der Waals surface area contributed by atoms with E-state index < -0.39 is 17.7 Å². The van der Waals surface area contributed by atoms with Crippen molar-refractivity contribution < 1.29 is 13.6 Å². The first-order chi connectivity index (χ1) is 14.2. The lowest BCUT2D eigenvalue weighted by Gasteiger charge is -2.20. The second-order valence-corrected chi connectivity index (χ2v) is 9.22. The maximum Gasteiger partial charge on any atom is 0.223 e. The number of carbonyl (C=O) groups is 1. The molecule has 0 unspecified atom stereocenters. The molecule has 1 atom stereocenters. The van der Waals surface area contributed by atoms with Gasteiger partial charge in [-0.2, -0.15) is 0 Å². The molecule has 1 N–H and O–H groups in total. The quantitative estimate of drug-likeness (QED) is 0.543.